The molecule has 0 saturated carbocycles. The van der Waals surface area contributed by atoms with Crippen molar-refractivity contribution in [2.75, 3.05) is 0 Å². The molecule has 0 unspecified atom stereocenters. The highest BCUT2D eigenvalue weighted by Crippen LogP contribution is 2.33. The summed E-state index contributed by atoms with van der Waals surface area (Å²) in [7, 11) is 0. The molecule has 0 bridgehead atoms. The van der Waals surface area contributed by atoms with Crippen molar-refractivity contribution >= 4 is 11.8 Å². The van der Waals surface area contributed by atoms with Crippen LogP contribution in [0.2, 0.25) is 0 Å². The van der Waals surface area contributed by atoms with Gasteiger partial charge in [-0.2, -0.15) is 13.2 Å². The number of halogens is 3. The molecular formula is C12H15F3S. The molecule has 0 fully saturated rings. The molecule has 0 aliphatic rings. The van der Waals surface area contributed by atoms with Gasteiger partial charge in [0.25, 0.3) is 0 Å². The van der Waals surface area contributed by atoms with Crippen LogP contribution in [0.1, 0.15) is 31.9 Å². The molecule has 0 N–H and O–H groups in total. The van der Waals surface area contributed by atoms with E-state index < -0.39 is 5.51 Å². The fourth-order valence-electron chi connectivity index (χ4n) is 1.27. The summed E-state index contributed by atoms with van der Waals surface area (Å²) in [6.07, 6.45) is 0. The van der Waals surface area contributed by atoms with Crippen LogP contribution in [0.15, 0.2) is 24.3 Å². The van der Waals surface area contributed by atoms with E-state index in [4.69, 9.17) is 0 Å². The summed E-state index contributed by atoms with van der Waals surface area (Å²) in [6.45, 7) is 6.23. The van der Waals surface area contributed by atoms with Crippen LogP contribution in [0.3, 0.4) is 0 Å². The van der Waals surface area contributed by atoms with Crippen molar-refractivity contribution in [2.24, 2.45) is 0 Å². The van der Waals surface area contributed by atoms with E-state index in [2.05, 4.69) is 20.8 Å². The lowest BCUT2D eigenvalue weighted by atomic mass is 9.87. The standard InChI is InChI=1S/C12H15F3S/c1-11(2,3)10-6-4-9(5-7-10)8-16-12(13,14)15/h4-7H,8H2,1-3H3. The largest absolute Gasteiger partial charge is 0.442 e. The van der Waals surface area contributed by atoms with E-state index >= 15 is 0 Å². The Hall–Kier alpha value is -0.640. The van der Waals surface area contributed by atoms with Crippen LogP contribution in [0.25, 0.3) is 0 Å². The zero-order valence-corrected chi connectivity index (χ0v) is 10.4. The van der Waals surface area contributed by atoms with Crippen molar-refractivity contribution < 1.29 is 13.2 Å². The van der Waals surface area contributed by atoms with Crippen LogP contribution >= 0.6 is 11.8 Å². The quantitative estimate of drug-likeness (QED) is 0.728. The van der Waals surface area contributed by atoms with Crippen LogP contribution in [0.4, 0.5) is 13.2 Å². The lowest BCUT2D eigenvalue weighted by Gasteiger charge is -2.19. The Labute approximate surface area is 98.2 Å². The number of hydrogen-bond acceptors (Lipinski definition) is 1. The number of rotatable bonds is 2. The van der Waals surface area contributed by atoms with E-state index in [0.29, 0.717) is 5.56 Å². The van der Waals surface area contributed by atoms with Crippen LogP contribution in [0, 0.1) is 0 Å². The minimum atomic E-state index is -4.15. The van der Waals surface area contributed by atoms with Gasteiger partial charge in [0.2, 0.25) is 0 Å². The van der Waals surface area contributed by atoms with Crippen molar-refractivity contribution in [1.29, 1.82) is 0 Å². The molecule has 1 rings (SSSR count). The zero-order valence-electron chi connectivity index (χ0n) is 9.56. The Morgan fingerprint density at radius 3 is 1.88 bits per heavy atom. The highest BCUT2D eigenvalue weighted by molar-refractivity contribution is 7.99. The van der Waals surface area contributed by atoms with Gasteiger partial charge in [-0.1, -0.05) is 45.0 Å². The normalized spacial score (nSPS) is 12.9. The first kappa shape index (κ1) is 13.4. The maximum atomic E-state index is 12.0. The summed E-state index contributed by atoms with van der Waals surface area (Å²) in [6, 6.07) is 7.32. The fraction of sp³-hybridized carbons (Fsp3) is 0.500. The van der Waals surface area contributed by atoms with Crippen molar-refractivity contribution in [3.63, 3.8) is 0 Å². The van der Waals surface area contributed by atoms with Crippen molar-refractivity contribution in [3.05, 3.63) is 35.4 Å². The topological polar surface area (TPSA) is 0 Å². The SMILES string of the molecule is CC(C)(C)c1ccc(CSC(F)(F)F)cc1. The van der Waals surface area contributed by atoms with Crippen LogP contribution in [0.5, 0.6) is 0 Å². The fourth-order valence-corrected chi connectivity index (χ4v) is 1.79. The molecule has 0 saturated heterocycles. The molecule has 0 atom stereocenters. The molecule has 0 aromatic heterocycles. The third-order valence-corrected chi connectivity index (χ3v) is 3.03. The molecule has 0 spiro atoms. The summed E-state index contributed by atoms with van der Waals surface area (Å²) >= 11 is 0.0000182. The lowest BCUT2D eigenvalue weighted by Crippen LogP contribution is -2.10. The Morgan fingerprint density at radius 2 is 1.50 bits per heavy atom. The lowest BCUT2D eigenvalue weighted by molar-refractivity contribution is -0.0329. The van der Waals surface area contributed by atoms with Crippen molar-refractivity contribution in [3.8, 4) is 0 Å². The van der Waals surface area contributed by atoms with E-state index in [-0.39, 0.29) is 22.9 Å². The van der Waals surface area contributed by atoms with Gasteiger partial charge in [-0.3, -0.25) is 0 Å². The predicted molar refractivity (Wildman–Crippen MR) is 62.5 cm³/mol. The molecule has 0 nitrogen and oxygen atoms in total. The molecule has 90 valence electrons. The molecule has 4 heteroatoms. The zero-order chi connectivity index (χ0) is 12.4. The molecule has 1 aromatic carbocycles. The molecule has 0 radical (unpaired) electrons. The Morgan fingerprint density at radius 1 is 1.00 bits per heavy atom. The Kier molecular flexibility index (Phi) is 3.94. The summed E-state index contributed by atoms with van der Waals surface area (Å²) in [5, 5.41) is 0. The van der Waals surface area contributed by atoms with Gasteiger partial charge >= 0.3 is 5.51 Å². The minimum Gasteiger partial charge on any atom is -0.160 e. The average Bonchev–Trinajstić information content (AvgIpc) is 2.13. The second-order valence-corrected chi connectivity index (χ2v) is 5.72. The molecule has 16 heavy (non-hydrogen) atoms. The van der Waals surface area contributed by atoms with Gasteiger partial charge in [-0.05, 0) is 28.3 Å². The van der Waals surface area contributed by atoms with E-state index in [9.17, 15) is 13.2 Å². The monoisotopic (exact) mass is 248 g/mol. The Bertz CT molecular complexity index is 333. The number of alkyl halides is 3. The number of hydrogen-bond donors (Lipinski definition) is 0. The second-order valence-electron chi connectivity index (χ2n) is 4.68. The maximum absolute atomic E-state index is 12.0. The first-order valence-corrected chi connectivity index (χ1v) is 5.97. The molecule has 0 amide bonds. The summed E-state index contributed by atoms with van der Waals surface area (Å²) in [5.74, 6) is -0.0199. The minimum absolute atomic E-state index is 0.0000182. The van der Waals surface area contributed by atoms with E-state index in [0.717, 1.165) is 5.56 Å². The number of thioether (sulfide) groups is 1. The van der Waals surface area contributed by atoms with Crippen molar-refractivity contribution in [2.45, 2.75) is 37.4 Å². The van der Waals surface area contributed by atoms with Crippen LogP contribution < -0.4 is 0 Å². The van der Waals surface area contributed by atoms with Gasteiger partial charge in [0.15, 0.2) is 0 Å². The van der Waals surface area contributed by atoms with Gasteiger partial charge in [-0.25, -0.2) is 0 Å². The third kappa shape index (κ3) is 4.47. The predicted octanol–water partition coefficient (Wildman–Crippen LogP) is 4.74. The highest BCUT2D eigenvalue weighted by Gasteiger charge is 2.27. The first-order valence-electron chi connectivity index (χ1n) is 4.98. The van der Waals surface area contributed by atoms with E-state index in [1.807, 2.05) is 12.1 Å². The van der Waals surface area contributed by atoms with E-state index in [1.165, 1.54) is 0 Å². The van der Waals surface area contributed by atoms with Gasteiger partial charge in [0.05, 0.1) is 0 Å². The van der Waals surface area contributed by atoms with Gasteiger partial charge < -0.3 is 0 Å². The Balaban J connectivity index is 2.66. The van der Waals surface area contributed by atoms with Gasteiger partial charge in [0.1, 0.15) is 0 Å². The summed E-state index contributed by atoms with van der Waals surface area (Å²) in [4.78, 5) is 0. The second kappa shape index (κ2) is 4.70. The van der Waals surface area contributed by atoms with Gasteiger partial charge in [-0.15, -0.1) is 0 Å². The average molecular weight is 248 g/mol. The molecule has 0 aliphatic heterocycles. The van der Waals surface area contributed by atoms with Crippen LogP contribution in [-0.4, -0.2) is 5.51 Å². The first-order chi connectivity index (χ1) is 7.18. The third-order valence-electron chi connectivity index (χ3n) is 2.22. The molecule has 0 heterocycles. The molecular weight excluding hydrogens is 233 g/mol. The van der Waals surface area contributed by atoms with Crippen LogP contribution in [-0.2, 0) is 11.2 Å². The number of benzene rings is 1. The van der Waals surface area contributed by atoms with Gasteiger partial charge in [0, 0.05) is 5.75 Å². The summed E-state index contributed by atoms with van der Waals surface area (Å²) < 4.78 is 35.9. The molecule has 0 aliphatic carbocycles. The summed E-state index contributed by atoms with van der Waals surface area (Å²) in [5.41, 5.74) is -2.28. The van der Waals surface area contributed by atoms with E-state index in [1.54, 1.807) is 12.1 Å². The van der Waals surface area contributed by atoms with Crippen molar-refractivity contribution in [1.82, 2.24) is 0 Å². The molecule has 1 aromatic rings. The maximum Gasteiger partial charge on any atom is 0.442 e. The highest BCUT2D eigenvalue weighted by atomic mass is 32.2. The smallest absolute Gasteiger partial charge is 0.160 e.